The van der Waals surface area contributed by atoms with Crippen LogP contribution in [0.2, 0.25) is 0 Å². The minimum Gasteiger partial charge on any atom is -0.355 e. The van der Waals surface area contributed by atoms with Crippen LogP contribution < -0.4 is 11.1 Å². The van der Waals surface area contributed by atoms with Crippen LogP contribution in [-0.4, -0.2) is 43.5 Å². The van der Waals surface area contributed by atoms with Crippen molar-refractivity contribution in [3.05, 3.63) is 0 Å². The molecule has 1 amide bonds. The SMILES string of the molecule is CCC(CCN)CCC(=O)NCCN(C)C1CCCC1. The minimum absolute atomic E-state index is 0.195. The maximum Gasteiger partial charge on any atom is 0.220 e. The Bertz CT molecular complexity index is 264. The first kappa shape index (κ1) is 17.4. The molecule has 20 heavy (non-hydrogen) atoms. The number of nitrogens with one attached hydrogen (secondary N) is 1. The standard InChI is InChI=1S/C16H33N3O/c1-3-14(10-11-17)8-9-16(20)18-12-13-19(2)15-6-4-5-7-15/h14-15H,3-13,17H2,1-2H3,(H,18,20). The molecule has 0 aliphatic heterocycles. The van der Waals surface area contributed by atoms with Gasteiger partial charge in [-0.25, -0.2) is 0 Å². The predicted octanol–water partition coefficient (Wildman–Crippen LogP) is 2.13. The number of nitrogens with two attached hydrogens (primary N) is 1. The van der Waals surface area contributed by atoms with E-state index in [1.165, 1.54) is 25.7 Å². The maximum absolute atomic E-state index is 11.8. The lowest BCUT2D eigenvalue weighted by Crippen LogP contribution is -2.37. The average Bonchev–Trinajstić information content (AvgIpc) is 2.97. The summed E-state index contributed by atoms with van der Waals surface area (Å²) in [6.07, 6.45) is 9.14. The van der Waals surface area contributed by atoms with Gasteiger partial charge >= 0.3 is 0 Å². The number of carbonyl (C=O) groups excluding carboxylic acids is 1. The van der Waals surface area contributed by atoms with Crippen LogP contribution in [0, 0.1) is 5.92 Å². The van der Waals surface area contributed by atoms with Crippen molar-refractivity contribution in [2.75, 3.05) is 26.7 Å². The first-order valence-electron chi connectivity index (χ1n) is 8.34. The van der Waals surface area contributed by atoms with Crippen LogP contribution in [0.15, 0.2) is 0 Å². The smallest absolute Gasteiger partial charge is 0.220 e. The number of rotatable bonds is 10. The molecule has 0 bridgehead atoms. The molecular formula is C16H33N3O. The summed E-state index contributed by atoms with van der Waals surface area (Å²) < 4.78 is 0. The van der Waals surface area contributed by atoms with Crippen LogP contribution in [-0.2, 0) is 4.79 Å². The highest BCUT2D eigenvalue weighted by molar-refractivity contribution is 5.75. The first-order valence-corrected chi connectivity index (χ1v) is 8.34. The van der Waals surface area contributed by atoms with Crippen molar-refractivity contribution in [2.45, 2.75) is 64.3 Å². The fourth-order valence-electron chi connectivity index (χ4n) is 3.11. The molecule has 1 aliphatic carbocycles. The summed E-state index contributed by atoms with van der Waals surface area (Å²) in [5.74, 6) is 0.798. The van der Waals surface area contributed by atoms with Crippen molar-refractivity contribution >= 4 is 5.91 Å². The Hall–Kier alpha value is -0.610. The summed E-state index contributed by atoms with van der Waals surface area (Å²) in [7, 11) is 2.18. The van der Waals surface area contributed by atoms with Crippen molar-refractivity contribution in [3.8, 4) is 0 Å². The number of amides is 1. The molecule has 0 aromatic rings. The van der Waals surface area contributed by atoms with Crippen LogP contribution in [0.25, 0.3) is 0 Å². The molecule has 4 nitrogen and oxygen atoms in total. The molecule has 1 rings (SSSR count). The van der Waals surface area contributed by atoms with E-state index >= 15 is 0 Å². The van der Waals surface area contributed by atoms with Gasteiger partial charge in [-0.1, -0.05) is 26.2 Å². The Morgan fingerprint density at radius 1 is 1.35 bits per heavy atom. The number of hydrogen-bond acceptors (Lipinski definition) is 3. The molecule has 1 saturated carbocycles. The van der Waals surface area contributed by atoms with Crippen LogP contribution in [0.5, 0.6) is 0 Å². The van der Waals surface area contributed by atoms with Crippen LogP contribution in [0.3, 0.4) is 0 Å². The molecule has 1 unspecified atom stereocenters. The summed E-state index contributed by atoms with van der Waals surface area (Å²) in [6.45, 7) is 4.65. The second-order valence-electron chi connectivity index (χ2n) is 6.16. The molecule has 4 heteroatoms. The van der Waals surface area contributed by atoms with E-state index in [9.17, 15) is 4.79 Å². The molecule has 0 saturated heterocycles. The van der Waals surface area contributed by atoms with Gasteiger partial charge in [0.25, 0.3) is 0 Å². The summed E-state index contributed by atoms with van der Waals surface area (Å²) >= 11 is 0. The van der Waals surface area contributed by atoms with E-state index in [4.69, 9.17) is 5.73 Å². The minimum atomic E-state index is 0.195. The largest absolute Gasteiger partial charge is 0.355 e. The Kier molecular flexibility index (Phi) is 8.86. The molecule has 0 heterocycles. The third-order valence-electron chi connectivity index (χ3n) is 4.67. The lowest BCUT2D eigenvalue weighted by Gasteiger charge is -2.24. The van der Waals surface area contributed by atoms with Crippen molar-refractivity contribution in [1.29, 1.82) is 0 Å². The number of likely N-dealkylation sites (N-methyl/N-ethyl adjacent to an activating group) is 1. The van der Waals surface area contributed by atoms with Gasteiger partial charge in [0.05, 0.1) is 0 Å². The second-order valence-corrected chi connectivity index (χ2v) is 6.16. The zero-order valence-electron chi connectivity index (χ0n) is 13.4. The average molecular weight is 283 g/mol. The normalized spacial score (nSPS) is 17.6. The highest BCUT2D eigenvalue weighted by Crippen LogP contribution is 2.21. The number of nitrogens with zero attached hydrogens (tertiary/aromatic N) is 1. The van der Waals surface area contributed by atoms with Crippen LogP contribution in [0.1, 0.15) is 58.3 Å². The molecule has 0 spiro atoms. The zero-order chi connectivity index (χ0) is 14.8. The highest BCUT2D eigenvalue weighted by Gasteiger charge is 2.19. The van der Waals surface area contributed by atoms with Gasteiger partial charge in [-0.15, -0.1) is 0 Å². The Balaban J connectivity index is 2.07. The van der Waals surface area contributed by atoms with E-state index < -0.39 is 0 Å². The third kappa shape index (κ3) is 6.71. The Labute approximate surface area is 124 Å². The van der Waals surface area contributed by atoms with Crippen molar-refractivity contribution in [3.63, 3.8) is 0 Å². The second kappa shape index (κ2) is 10.2. The molecular weight excluding hydrogens is 250 g/mol. The van der Waals surface area contributed by atoms with E-state index in [0.29, 0.717) is 12.3 Å². The molecule has 0 aromatic heterocycles. The monoisotopic (exact) mass is 283 g/mol. The molecule has 3 N–H and O–H groups in total. The number of hydrogen-bond donors (Lipinski definition) is 2. The van der Waals surface area contributed by atoms with Gasteiger partial charge in [0.1, 0.15) is 0 Å². The quantitative estimate of drug-likeness (QED) is 0.646. The van der Waals surface area contributed by atoms with E-state index in [2.05, 4.69) is 24.2 Å². The third-order valence-corrected chi connectivity index (χ3v) is 4.67. The van der Waals surface area contributed by atoms with Crippen LogP contribution in [0.4, 0.5) is 0 Å². The zero-order valence-corrected chi connectivity index (χ0v) is 13.4. The van der Waals surface area contributed by atoms with Crippen molar-refractivity contribution in [2.24, 2.45) is 11.7 Å². The molecule has 1 fully saturated rings. The topological polar surface area (TPSA) is 58.4 Å². The van der Waals surface area contributed by atoms with Crippen LogP contribution >= 0.6 is 0 Å². The Morgan fingerprint density at radius 3 is 2.65 bits per heavy atom. The fraction of sp³-hybridized carbons (Fsp3) is 0.938. The van der Waals surface area contributed by atoms with E-state index in [0.717, 1.165) is 44.9 Å². The van der Waals surface area contributed by atoms with Gasteiger partial charge in [-0.2, -0.15) is 0 Å². The fourth-order valence-corrected chi connectivity index (χ4v) is 3.11. The summed E-state index contributed by atoms with van der Waals surface area (Å²) in [4.78, 5) is 14.2. The summed E-state index contributed by atoms with van der Waals surface area (Å²) in [6, 6.07) is 0.737. The molecule has 0 radical (unpaired) electrons. The van der Waals surface area contributed by atoms with Gasteiger partial charge in [-0.3, -0.25) is 4.79 Å². The molecule has 1 aliphatic rings. The van der Waals surface area contributed by atoms with Gasteiger partial charge < -0.3 is 16.0 Å². The predicted molar refractivity (Wildman–Crippen MR) is 84.6 cm³/mol. The van der Waals surface area contributed by atoms with E-state index in [-0.39, 0.29) is 5.91 Å². The summed E-state index contributed by atoms with van der Waals surface area (Å²) in [5.41, 5.74) is 5.58. The number of carbonyl (C=O) groups is 1. The van der Waals surface area contributed by atoms with E-state index in [1.807, 2.05) is 0 Å². The molecule has 1 atom stereocenters. The van der Waals surface area contributed by atoms with Gasteiger partial charge in [0, 0.05) is 25.6 Å². The lowest BCUT2D eigenvalue weighted by molar-refractivity contribution is -0.121. The Morgan fingerprint density at radius 2 is 2.05 bits per heavy atom. The highest BCUT2D eigenvalue weighted by atomic mass is 16.1. The first-order chi connectivity index (χ1) is 9.67. The van der Waals surface area contributed by atoms with Gasteiger partial charge in [0.2, 0.25) is 5.91 Å². The summed E-state index contributed by atoms with van der Waals surface area (Å²) in [5, 5.41) is 3.05. The lowest BCUT2D eigenvalue weighted by atomic mass is 9.96. The molecule has 0 aromatic carbocycles. The van der Waals surface area contributed by atoms with Crippen molar-refractivity contribution in [1.82, 2.24) is 10.2 Å². The van der Waals surface area contributed by atoms with Gasteiger partial charge in [-0.05, 0) is 45.2 Å². The molecule has 118 valence electrons. The van der Waals surface area contributed by atoms with Gasteiger partial charge in [0.15, 0.2) is 0 Å². The van der Waals surface area contributed by atoms with E-state index in [1.54, 1.807) is 0 Å². The maximum atomic E-state index is 11.8. The van der Waals surface area contributed by atoms with Crippen molar-refractivity contribution < 1.29 is 4.79 Å².